The summed E-state index contributed by atoms with van der Waals surface area (Å²) >= 11 is 0. The number of carbonyl (C=O) groups is 2. The van der Waals surface area contributed by atoms with Crippen LogP contribution in [0.5, 0.6) is 0 Å². The summed E-state index contributed by atoms with van der Waals surface area (Å²) in [5, 5.41) is 5.95. The minimum absolute atomic E-state index is 0.0805. The monoisotopic (exact) mass is 336 g/mol. The summed E-state index contributed by atoms with van der Waals surface area (Å²) in [6.45, 7) is 3.31. The van der Waals surface area contributed by atoms with E-state index < -0.39 is 11.5 Å². The lowest BCUT2D eigenvalue weighted by atomic mass is 10.1. The molecular formula is C19H16N2O4. The van der Waals surface area contributed by atoms with Crippen LogP contribution in [0.4, 0.5) is 11.4 Å². The first-order valence-electron chi connectivity index (χ1n) is 7.66. The molecule has 0 spiro atoms. The Balaban J connectivity index is 1.91. The third-order valence-corrected chi connectivity index (χ3v) is 3.57. The van der Waals surface area contributed by atoms with Gasteiger partial charge in [-0.3, -0.25) is 9.59 Å². The van der Waals surface area contributed by atoms with E-state index in [0.29, 0.717) is 22.3 Å². The Morgan fingerprint density at radius 3 is 2.40 bits per heavy atom. The maximum atomic E-state index is 12.4. The molecule has 0 atom stereocenters. The molecule has 6 nitrogen and oxygen atoms in total. The van der Waals surface area contributed by atoms with Crippen LogP contribution >= 0.6 is 0 Å². The van der Waals surface area contributed by atoms with E-state index in [0.717, 1.165) is 5.56 Å². The van der Waals surface area contributed by atoms with Gasteiger partial charge in [-0.1, -0.05) is 17.7 Å². The first-order chi connectivity index (χ1) is 11.9. The Labute approximate surface area is 143 Å². The summed E-state index contributed by atoms with van der Waals surface area (Å²) in [5.74, 6) is -0.786. The van der Waals surface area contributed by atoms with E-state index in [9.17, 15) is 14.4 Å². The molecule has 3 aromatic rings. The fraction of sp³-hybridized carbons (Fsp3) is 0.105. The van der Waals surface area contributed by atoms with Crippen LogP contribution in [0.15, 0.2) is 57.7 Å². The Hall–Kier alpha value is -3.41. The molecule has 126 valence electrons. The zero-order valence-corrected chi connectivity index (χ0v) is 13.8. The first-order valence-corrected chi connectivity index (χ1v) is 7.66. The van der Waals surface area contributed by atoms with Gasteiger partial charge in [0.25, 0.3) is 5.91 Å². The molecule has 2 aromatic carbocycles. The van der Waals surface area contributed by atoms with Crippen molar-refractivity contribution in [2.45, 2.75) is 13.8 Å². The van der Waals surface area contributed by atoms with Gasteiger partial charge in [0.05, 0.1) is 0 Å². The van der Waals surface area contributed by atoms with Gasteiger partial charge in [-0.15, -0.1) is 0 Å². The van der Waals surface area contributed by atoms with Crippen molar-refractivity contribution in [3.8, 4) is 0 Å². The second-order valence-electron chi connectivity index (χ2n) is 5.70. The molecule has 2 N–H and O–H groups in total. The van der Waals surface area contributed by atoms with Crippen molar-refractivity contribution in [3.05, 3.63) is 70.1 Å². The van der Waals surface area contributed by atoms with Gasteiger partial charge in [-0.2, -0.15) is 0 Å². The highest BCUT2D eigenvalue weighted by Crippen LogP contribution is 2.18. The summed E-state index contributed by atoms with van der Waals surface area (Å²) in [6.07, 6.45) is 0. The number of amides is 2. The lowest BCUT2D eigenvalue weighted by molar-refractivity contribution is -0.114. The van der Waals surface area contributed by atoms with Gasteiger partial charge >= 0.3 is 5.63 Å². The standard InChI is InChI=1S/C19H16N2O4/c1-11-6-7-17-13(8-11)9-16(19(24)25-17)18(23)21-15-5-3-4-14(10-15)20-12(2)22/h3-10H,1-2H3,(H,20,22)(H,21,23). The molecule has 0 saturated carbocycles. The number of aryl methyl sites for hydroxylation is 1. The van der Waals surface area contributed by atoms with E-state index in [4.69, 9.17) is 4.42 Å². The highest BCUT2D eigenvalue weighted by molar-refractivity contribution is 6.05. The number of hydrogen-bond donors (Lipinski definition) is 2. The number of carbonyl (C=O) groups excluding carboxylic acids is 2. The van der Waals surface area contributed by atoms with Crippen LogP contribution in [0.3, 0.4) is 0 Å². The topological polar surface area (TPSA) is 88.4 Å². The van der Waals surface area contributed by atoms with Crippen molar-refractivity contribution < 1.29 is 14.0 Å². The smallest absolute Gasteiger partial charge is 0.349 e. The maximum absolute atomic E-state index is 12.4. The highest BCUT2D eigenvalue weighted by Gasteiger charge is 2.14. The van der Waals surface area contributed by atoms with Crippen LogP contribution < -0.4 is 16.3 Å². The maximum Gasteiger partial charge on any atom is 0.349 e. The highest BCUT2D eigenvalue weighted by atomic mass is 16.4. The van der Waals surface area contributed by atoms with E-state index in [2.05, 4.69) is 10.6 Å². The Morgan fingerprint density at radius 2 is 1.68 bits per heavy atom. The molecule has 0 radical (unpaired) electrons. The van der Waals surface area contributed by atoms with Crippen molar-refractivity contribution in [1.82, 2.24) is 0 Å². The number of hydrogen-bond acceptors (Lipinski definition) is 4. The lowest BCUT2D eigenvalue weighted by Crippen LogP contribution is -2.20. The average Bonchev–Trinajstić information content (AvgIpc) is 2.54. The number of benzene rings is 2. The number of fused-ring (bicyclic) bond motifs is 1. The normalized spacial score (nSPS) is 10.5. The Morgan fingerprint density at radius 1 is 0.960 bits per heavy atom. The second-order valence-corrected chi connectivity index (χ2v) is 5.70. The molecule has 0 aliphatic heterocycles. The summed E-state index contributed by atoms with van der Waals surface area (Å²) in [6, 6.07) is 13.5. The van der Waals surface area contributed by atoms with Crippen molar-refractivity contribution in [1.29, 1.82) is 0 Å². The Kier molecular flexibility index (Phi) is 4.35. The predicted molar refractivity (Wildman–Crippen MR) is 95.9 cm³/mol. The van der Waals surface area contributed by atoms with E-state index in [-0.39, 0.29) is 11.5 Å². The van der Waals surface area contributed by atoms with Crippen LogP contribution in [-0.4, -0.2) is 11.8 Å². The molecular weight excluding hydrogens is 320 g/mol. The van der Waals surface area contributed by atoms with Crippen molar-refractivity contribution in [2.24, 2.45) is 0 Å². The molecule has 0 aliphatic rings. The summed E-state index contributed by atoms with van der Waals surface area (Å²) in [7, 11) is 0. The Bertz CT molecular complexity index is 1040. The molecule has 3 rings (SSSR count). The first kappa shape index (κ1) is 16.4. The van der Waals surface area contributed by atoms with Crippen molar-refractivity contribution >= 4 is 34.2 Å². The van der Waals surface area contributed by atoms with Gasteiger partial charge in [-0.05, 0) is 43.3 Å². The van der Waals surface area contributed by atoms with Gasteiger partial charge in [0.2, 0.25) is 5.91 Å². The summed E-state index contributed by atoms with van der Waals surface area (Å²) in [5.41, 5.74) is 1.65. The van der Waals surface area contributed by atoms with Gasteiger partial charge < -0.3 is 15.1 Å². The minimum atomic E-state index is -0.702. The molecule has 0 saturated heterocycles. The molecule has 1 heterocycles. The third-order valence-electron chi connectivity index (χ3n) is 3.57. The molecule has 6 heteroatoms. The summed E-state index contributed by atoms with van der Waals surface area (Å²) < 4.78 is 5.21. The van der Waals surface area contributed by atoms with E-state index in [1.165, 1.54) is 13.0 Å². The van der Waals surface area contributed by atoms with Crippen LogP contribution in [0.1, 0.15) is 22.8 Å². The van der Waals surface area contributed by atoms with Crippen LogP contribution in [-0.2, 0) is 4.79 Å². The third kappa shape index (κ3) is 3.74. The fourth-order valence-electron chi connectivity index (χ4n) is 2.48. The fourth-order valence-corrected chi connectivity index (χ4v) is 2.48. The van der Waals surface area contributed by atoms with E-state index in [1.807, 2.05) is 19.1 Å². The summed E-state index contributed by atoms with van der Waals surface area (Å²) in [4.78, 5) is 35.6. The molecule has 0 bridgehead atoms. The zero-order chi connectivity index (χ0) is 18.0. The zero-order valence-electron chi connectivity index (χ0n) is 13.8. The quantitative estimate of drug-likeness (QED) is 0.718. The van der Waals surface area contributed by atoms with Crippen molar-refractivity contribution in [3.63, 3.8) is 0 Å². The van der Waals surface area contributed by atoms with Gasteiger partial charge in [-0.25, -0.2) is 4.79 Å². The number of rotatable bonds is 3. The van der Waals surface area contributed by atoms with Crippen LogP contribution in [0.25, 0.3) is 11.0 Å². The van der Waals surface area contributed by atoms with Gasteiger partial charge in [0, 0.05) is 23.7 Å². The van der Waals surface area contributed by atoms with Crippen molar-refractivity contribution in [2.75, 3.05) is 10.6 Å². The number of nitrogens with one attached hydrogen (secondary N) is 2. The number of anilines is 2. The largest absolute Gasteiger partial charge is 0.422 e. The minimum Gasteiger partial charge on any atom is -0.422 e. The van der Waals surface area contributed by atoms with E-state index >= 15 is 0 Å². The SMILES string of the molecule is CC(=O)Nc1cccc(NC(=O)c2cc3cc(C)ccc3oc2=O)c1. The second kappa shape index (κ2) is 6.60. The molecule has 0 unspecified atom stereocenters. The lowest BCUT2D eigenvalue weighted by Gasteiger charge is -2.08. The van der Waals surface area contributed by atoms with Gasteiger partial charge in [0.15, 0.2) is 0 Å². The van der Waals surface area contributed by atoms with Gasteiger partial charge in [0.1, 0.15) is 11.1 Å². The molecule has 1 aromatic heterocycles. The van der Waals surface area contributed by atoms with Crippen LogP contribution in [0.2, 0.25) is 0 Å². The molecule has 25 heavy (non-hydrogen) atoms. The molecule has 0 aliphatic carbocycles. The molecule has 2 amide bonds. The molecule has 0 fully saturated rings. The van der Waals surface area contributed by atoms with Crippen LogP contribution in [0, 0.1) is 6.92 Å². The van der Waals surface area contributed by atoms with E-state index in [1.54, 1.807) is 30.3 Å². The average molecular weight is 336 g/mol. The predicted octanol–water partition coefficient (Wildman–Crippen LogP) is 3.31.